The van der Waals surface area contributed by atoms with Gasteiger partial charge in [0.15, 0.2) is 0 Å². The number of pyridine rings is 1. The van der Waals surface area contributed by atoms with Gasteiger partial charge in [-0.2, -0.15) is 0 Å². The molecule has 2 aliphatic rings. The zero-order valence-corrected chi connectivity index (χ0v) is 10.5. The SMILES string of the molecule is O=C(C1CCNC1)N(Cc1ccccn1)C1CC1. The van der Waals surface area contributed by atoms with E-state index in [9.17, 15) is 4.79 Å². The molecule has 1 atom stereocenters. The Labute approximate surface area is 107 Å². The van der Waals surface area contributed by atoms with Crippen LogP contribution in [0.1, 0.15) is 25.0 Å². The second-order valence-electron chi connectivity index (χ2n) is 5.21. The molecule has 1 amide bonds. The molecule has 4 heteroatoms. The van der Waals surface area contributed by atoms with E-state index in [1.165, 1.54) is 0 Å². The first-order valence-electron chi connectivity index (χ1n) is 6.75. The number of rotatable bonds is 4. The fourth-order valence-electron chi connectivity index (χ4n) is 2.54. The number of hydrogen-bond donors (Lipinski definition) is 1. The minimum absolute atomic E-state index is 0.175. The van der Waals surface area contributed by atoms with E-state index < -0.39 is 0 Å². The number of aromatic nitrogens is 1. The quantitative estimate of drug-likeness (QED) is 0.866. The monoisotopic (exact) mass is 245 g/mol. The van der Waals surface area contributed by atoms with E-state index in [1.54, 1.807) is 6.20 Å². The lowest BCUT2D eigenvalue weighted by Crippen LogP contribution is -2.38. The predicted molar refractivity (Wildman–Crippen MR) is 68.8 cm³/mol. The second kappa shape index (κ2) is 5.06. The van der Waals surface area contributed by atoms with Crippen molar-refractivity contribution < 1.29 is 4.79 Å². The van der Waals surface area contributed by atoms with Crippen LogP contribution >= 0.6 is 0 Å². The second-order valence-corrected chi connectivity index (χ2v) is 5.21. The summed E-state index contributed by atoms with van der Waals surface area (Å²) in [5.41, 5.74) is 0.990. The standard InChI is InChI=1S/C14H19N3O/c18-14(11-6-8-15-9-11)17(13-4-5-13)10-12-3-1-2-7-16-12/h1-3,7,11,13,15H,4-6,8-10H2. The average Bonchev–Trinajstić information content (AvgIpc) is 3.10. The van der Waals surface area contributed by atoms with Crippen molar-refractivity contribution in [3.8, 4) is 0 Å². The Bertz CT molecular complexity index is 410. The molecule has 1 aromatic rings. The maximum atomic E-state index is 12.5. The molecule has 1 saturated heterocycles. The molecule has 1 aliphatic carbocycles. The van der Waals surface area contributed by atoms with Gasteiger partial charge < -0.3 is 10.2 Å². The largest absolute Gasteiger partial charge is 0.334 e. The summed E-state index contributed by atoms with van der Waals surface area (Å²) in [4.78, 5) is 18.9. The number of nitrogens with zero attached hydrogens (tertiary/aromatic N) is 2. The Morgan fingerprint density at radius 3 is 2.89 bits per heavy atom. The molecule has 2 heterocycles. The first-order chi connectivity index (χ1) is 8.84. The van der Waals surface area contributed by atoms with Crippen LogP contribution in [0.3, 0.4) is 0 Å². The fraction of sp³-hybridized carbons (Fsp3) is 0.571. The minimum atomic E-state index is 0.175. The third-order valence-corrected chi connectivity index (χ3v) is 3.74. The first kappa shape index (κ1) is 11.7. The van der Waals surface area contributed by atoms with E-state index in [-0.39, 0.29) is 5.92 Å². The number of hydrogen-bond acceptors (Lipinski definition) is 3. The molecule has 1 unspecified atom stereocenters. The van der Waals surface area contributed by atoms with Crippen molar-refractivity contribution in [2.24, 2.45) is 5.92 Å². The van der Waals surface area contributed by atoms with Gasteiger partial charge in [0.05, 0.1) is 18.2 Å². The Morgan fingerprint density at radius 1 is 1.39 bits per heavy atom. The molecule has 0 bridgehead atoms. The highest BCUT2D eigenvalue weighted by Crippen LogP contribution is 2.30. The number of amides is 1. The molecule has 96 valence electrons. The van der Waals surface area contributed by atoms with Crippen molar-refractivity contribution in [2.45, 2.75) is 31.8 Å². The first-order valence-corrected chi connectivity index (χ1v) is 6.75. The van der Waals surface area contributed by atoms with Gasteiger partial charge in [-0.3, -0.25) is 9.78 Å². The van der Waals surface area contributed by atoms with E-state index in [1.807, 2.05) is 23.1 Å². The minimum Gasteiger partial charge on any atom is -0.334 e. The molecule has 18 heavy (non-hydrogen) atoms. The lowest BCUT2D eigenvalue weighted by molar-refractivity contribution is -0.136. The Kier molecular flexibility index (Phi) is 3.28. The van der Waals surface area contributed by atoms with Gasteiger partial charge in [-0.1, -0.05) is 6.07 Å². The van der Waals surface area contributed by atoms with E-state index in [0.29, 0.717) is 18.5 Å². The summed E-state index contributed by atoms with van der Waals surface area (Å²) in [7, 11) is 0. The van der Waals surface area contributed by atoms with Crippen LogP contribution in [0.25, 0.3) is 0 Å². The zero-order valence-electron chi connectivity index (χ0n) is 10.5. The van der Waals surface area contributed by atoms with Crippen molar-refractivity contribution >= 4 is 5.91 Å². The smallest absolute Gasteiger partial charge is 0.227 e. The highest BCUT2D eigenvalue weighted by Gasteiger charge is 2.36. The van der Waals surface area contributed by atoms with Gasteiger partial charge in [0.25, 0.3) is 0 Å². The molecule has 1 aromatic heterocycles. The van der Waals surface area contributed by atoms with Gasteiger partial charge >= 0.3 is 0 Å². The number of nitrogens with one attached hydrogen (secondary N) is 1. The van der Waals surface area contributed by atoms with Crippen LogP contribution in [-0.4, -0.2) is 34.9 Å². The van der Waals surface area contributed by atoms with Gasteiger partial charge in [-0.05, 0) is 37.9 Å². The molecule has 2 fully saturated rings. The maximum absolute atomic E-state index is 12.5. The zero-order chi connectivity index (χ0) is 12.4. The van der Waals surface area contributed by atoms with Crippen LogP contribution in [0, 0.1) is 5.92 Å². The molecular weight excluding hydrogens is 226 g/mol. The average molecular weight is 245 g/mol. The van der Waals surface area contributed by atoms with Gasteiger partial charge in [0.2, 0.25) is 5.91 Å². The van der Waals surface area contributed by atoms with Crippen LogP contribution in [0.15, 0.2) is 24.4 Å². The van der Waals surface area contributed by atoms with Crippen molar-refractivity contribution in [3.05, 3.63) is 30.1 Å². The summed E-state index contributed by atoms with van der Waals surface area (Å²) in [6, 6.07) is 6.35. The summed E-state index contributed by atoms with van der Waals surface area (Å²) in [5, 5.41) is 3.27. The summed E-state index contributed by atoms with van der Waals surface area (Å²) in [6.07, 6.45) is 5.07. The van der Waals surface area contributed by atoms with Crippen LogP contribution in [0.5, 0.6) is 0 Å². The summed E-state index contributed by atoms with van der Waals surface area (Å²) >= 11 is 0. The van der Waals surface area contributed by atoms with E-state index >= 15 is 0 Å². The highest BCUT2D eigenvalue weighted by molar-refractivity contribution is 5.80. The van der Waals surface area contributed by atoms with Gasteiger partial charge in [0.1, 0.15) is 0 Å². The third-order valence-electron chi connectivity index (χ3n) is 3.74. The van der Waals surface area contributed by atoms with E-state index in [2.05, 4.69) is 10.3 Å². The normalized spacial score (nSPS) is 23.0. The molecule has 0 spiro atoms. The van der Waals surface area contributed by atoms with E-state index in [0.717, 1.165) is 38.0 Å². The Balaban J connectivity index is 1.70. The van der Waals surface area contributed by atoms with E-state index in [4.69, 9.17) is 0 Å². The van der Waals surface area contributed by atoms with Crippen molar-refractivity contribution in [1.82, 2.24) is 15.2 Å². The Morgan fingerprint density at radius 2 is 2.28 bits per heavy atom. The summed E-state index contributed by atoms with van der Waals surface area (Å²) < 4.78 is 0. The van der Waals surface area contributed by atoms with Gasteiger partial charge in [0, 0.05) is 18.8 Å². The maximum Gasteiger partial charge on any atom is 0.227 e. The molecular formula is C14H19N3O. The molecule has 0 radical (unpaired) electrons. The molecule has 4 nitrogen and oxygen atoms in total. The molecule has 0 aromatic carbocycles. The molecule has 1 N–H and O–H groups in total. The van der Waals surface area contributed by atoms with Crippen molar-refractivity contribution in [3.63, 3.8) is 0 Å². The van der Waals surface area contributed by atoms with Crippen LogP contribution < -0.4 is 5.32 Å². The van der Waals surface area contributed by atoms with Crippen LogP contribution in [-0.2, 0) is 11.3 Å². The van der Waals surface area contributed by atoms with Crippen molar-refractivity contribution in [1.29, 1.82) is 0 Å². The molecule has 1 saturated carbocycles. The Hall–Kier alpha value is -1.42. The molecule has 3 rings (SSSR count). The number of carbonyl (C=O) groups is 1. The lowest BCUT2D eigenvalue weighted by Gasteiger charge is -2.25. The number of carbonyl (C=O) groups excluding carboxylic acids is 1. The van der Waals surface area contributed by atoms with Crippen LogP contribution in [0.2, 0.25) is 0 Å². The highest BCUT2D eigenvalue weighted by atomic mass is 16.2. The summed E-state index contributed by atoms with van der Waals surface area (Å²) in [6.45, 7) is 2.48. The van der Waals surface area contributed by atoms with Crippen molar-refractivity contribution in [2.75, 3.05) is 13.1 Å². The lowest BCUT2D eigenvalue weighted by atomic mass is 10.1. The topological polar surface area (TPSA) is 45.2 Å². The molecule has 1 aliphatic heterocycles. The van der Waals surface area contributed by atoms with Gasteiger partial charge in [-0.25, -0.2) is 0 Å². The third kappa shape index (κ3) is 2.53. The van der Waals surface area contributed by atoms with Gasteiger partial charge in [-0.15, -0.1) is 0 Å². The van der Waals surface area contributed by atoms with Crippen LogP contribution in [0.4, 0.5) is 0 Å². The predicted octanol–water partition coefficient (Wildman–Crippen LogP) is 1.18. The fourth-order valence-corrected chi connectivity index (χ4v) is 2.54. The summed E-state index contributed by atoms with van der Waals surface area (Å²) in [5.74, 6) is 0.488.